The predicted octanol–water partition coefficient (Wildman–Crippen LogP) is 2.51. The van der Waals surface area contributed by atoms with Crippen molar-refractivity contribution < 1.29 is 19.1 Å². The van der Waals surface area contributed by atoms with Crippen LogP contribution in [-0.4, -0.2) is 16.9 Å². The Balaban J connectivity index is 3.02. The van der Waals surface area contributed by atoms with Gasteiger partial charge in [-0.05, 0) is 12.1 Å². The zero-order valence-electron chi connectivity index (χ0n) is 9.16. The first-order valence-corrected chi connectivity index (χ1v) is 4.86. The lowest BCUT2D eigenvalue weighted by atomic mass is 9.81. The van der Waals surface area contributed by atoms with Gasteiger partial charge in [0.25, 0.3) is 0 Å². The van der Waals surface area contributed by atoms with Gasteiger partial charge in [-0.3, -0.25) is 9.59 Å². The van der Waals surface area contributed by atoms with Crippen molar-refractivity contribution in [2.75, 3.05) is 0 Å². The molecule has 0 heterocycles. The highest BCUT2D eigenvalue weighted by molar-refractivity contribution is 6.01. The molecule has 4 heteroatoms. The first-order chi connectivity index (χ1) is 7.34. The molecule has 1 aromatic rings. The van der Waals surface area contributed by atoms with E-state index in [0.29, 0.717) is 0 Å². The van der Waals surface area contributed by atoms with Crippen molar-refractivity contribution in [1.82, 2.24) is 0 Å². The smallest absolute Gasteiger partial charge is 0.304 e. The Bertz CT molecular complexity index is 424. The number of carbonyl (C=O) groups is 2. The number of hydrogen-bond acceptors (Lipinski definition) is 2. The van der Waals surface area contributed by atoms with E-state index >= 15 is 0 Å². The van der Waals surface area contributed by atoms with Gasteiger partial charge in [0.15, 0.2) is 5.78 Å². The molecule has 0 saturated heterocycles. The van der Waals surface area contributed by atoms with Crippen LogP contribution in [0.25, 0.3) is 0 Å². The summed E-state index contributed by atoms with van der Waals surface area (Å²) in [6.45, 7) is 2.99. The standard InChI is InChI=1S/C12H13FO3/c1-12(2,7-10(14)15)11(16)8-5-3-4-6-9(8)13/h3-6H,7H2,1-2H3,(H,14,15). The second-order valence-electron chi connectivity index (χ2n) is 4.26. The summed E-state index contributed by atoms with van der Waals surface area (Å²) in [5.74, 6) is -2.19. The molecule has 0 aliphatic carbocycles. The number of carboxylic acid groups (broad SMARTS) is 1. The van der Waals surface area contributed by atoms with Gasteiger partial charge in [-0.1, -0.05) is 26.0 Å². The van der Waals surface area contributed by atoms with Crippen LogP contribution in [0, 0.1) is 11.2 Å². The number of Topliss-reactive ketones (excluding diaryl/α,β-unsaturated/α-hetero) is 1. The minimum atomic E-state index is -1.10. The Labute approximate surface area is 92.9 Å². The maximum Gasteiger partial charge on any atom is 0.304 e. The Hall–Kier alpha value is -1.71. The minimum absolute atomic E-state index is 0.0613. The number of aliphatic carboxylic acids is 1. The summed E-state index contributed by atoms with van der Waals surface area (Å²) in [7, 11) is 0. The van der Waals surface area contributed by atoms with Gasteiger partial charge < -0.3 is 5.11 Å². The molecule has 1 N–H and O–H groups in total. The van der Waals surface area contributed by atoms with E-state index in [1.54, 1.807) is 6.07 Å². The van der Waals surface area contributed by atoms with Crippen LogP contribution in [0.2, 0.25) is 0 Å². The van der Waals surface area contributed by atoms with Gasteiger partial charge >= 0.3 is 5.97 Å². The number of benzene rings is 1. The highest BCUT2D eigenvalue weighted by atomic mass is 19.1. The first kappa shape index (κ1) is 12.4. The Kier molecular flexibility index (Phi) is 3.42. The lowest BCUT2D eigenvalue weighted by Gasteiger charge is -2.20. The van der Waals surface area contributed by atoms with Gasteiger partial charge in [-0.25, -0.2) is 4.39 Å². The van der Waals surface area contributed by atoms with Gasteiger partial charge in [-0.2, -0.15) is 0 Å². The number of hydrogen-bond donors (Lipinski definition) is 1. The lowest BCUT2D eigenvalue weighted by Crippen LogP contribution is -2.28. The second kappa shape index (κ2) is 4.43. The van der Waals surface area contributed by atoms with E-state index in [1.807, 2.05) is 0 Å². The third-order valence-corrected chi connectivity index (χ3v) is 2.33. The molecule has 0 atom stereocenters. The van der Waals surface area contributed by atoms with Gasteiger partial charge in [-0.15, -0.1) is 0 Å². The number of carboxylic acids is 1. The van der Waals surface area contributed by atoms with Crippen molar-refractivity contribution in [3.05, 3.63) is 35.6 Å². The van der Waals surface area contributed by atoms with Crippen molar-refractivity contribution in [3.8, 4) is 0 Å². The molecule has 3 nitrogen and oxygen atoms in total. The van der Waals surface area contributed by atoms with E-state index in [1.165, 1.54) is 32.0 Å². The number of rotatable bonds is 4. The van der Waals surface area contributed by atoms with E-state index in [4.69, 9.17) is 5.11 Å². The molecule has 0 spiro atoms. The molecule has 0 aliphatic rings. The normalized spacial score (nSPS) is 11.2. The molecule has 0 aromatic heterocycles. The third-order valence-electron chi connectivity index (χ3n) is 2.33. The van der Waals surface area contributed by atoms with Crippen LogP contribution in [0.1, 0.15) is 30.6 Å². The summed E-state index contributed by atoms with van der Waals surface area (Å²) < 4.78 is 13.3. The maximum absolute atomic E-state index is 13.3. The van der Waals surface area contributed by atoms with Crippen LogP contribution in [0.4, 0.5) is 4.39 Å². The minimum Gasteiger partial charge on any atom is -0.481 e. The molecular formula is C12H13FO3. The third kappa shape index (κ3) is 2.66. The molecule has 0 fully saturated rings. The van der Waals surface area contributed by atoms with E-state index in [0.717, 1.165) is 0 Å². The lowest BCUT2D eigenvalue weighted by molar-refractivity contribution is -0.138. The molecule has 0 aliphatic heterocycles. The quantitative estimate of drug-likeness (QED) is 0.799. The fourth-order valence-electron chi connectivity index (χ4n) is 1.47. The molecule has 1 aromatic carbocycles. The largest absolute Gasteiger partial charge is 0.481 e. The van der Waals surface area contributed by atoms with Crippen molar-refractivity contribution in [3.63, 3.8) is 0 Å². The van der Waals surface area contributed by atoms with E-state index < -0.39 is 23.0 Å². The highest BCUT2D eigenvalue weighted by Gasteiger charge is 2.32. The summed E-state index contributed by atoms with van der Waals surface area (Å²) in [4.78, 5) is 22.5. The monoisotopic (exact) mass is 224 g/mol. The molecule has 0 radical (unpaired) electrons. The Morgan fingerprint density at radius 2 is 1.88 bits per heavy atom. The topological polar surface area (TPSA) is 54.4 Å². The summed E-state index contributed by atoms with van der Waals surface area (Å²) in [6, 6.07) is 5.58. The Morgan fingerprint density at radius 3 is 2.38 bits per heavy atom. The summed E-state index contributed by atoms with van der Waals surface area (Å²) in [5.41, 5.74) is -1.16. The molecule has 0 saturated carbocycles. The number of halogens is 1. The fraction of sp³-hybridized carbons (Fsp3) is 0.333. The molecule has 0 unspecified atom stereocenters. The van der Waals surface area contributed by atoms with Gasteiger partial charge in [0.2, 0.25) is 0 Å². The van der Waals surface area contributed by atoms with Crippen LogP contribution >= 0.6 is 0 Å². The Morgan fingerprint density at radius 1 is 1.31 bits per heavy atom. The molecule has 1 rings (SSSR count). The number of carbonyl (C=O) groups excluding carboxylic acids is 1. The summed E-state index contributed by atoms with van der Waals surface area (Å²) in [6.07, 6.45) is -0.319. The molecule has 0 amide bonds. The van der Waals surface area contributed by atoms with Crippen molar-refractivity contribution in [2.24, 2.45) is 5.41 Å². The van der Waals surface area contributed by atoms with Crippen LogP contribution in [0.15, 0.2) is 24.3 Å². The predicted molar refractivity (Wildman–Crippen MR) is 56.8 cm³/mol. The first-order valence-electron chi connectivity index (χ1n) is 4.86. The average molecular weight is 224 g/mol. The zero-order chi connectivity index (χ0) is 12.3. The van der Waals surface area contributed by atoms with Crippen LogP contribution in [0.3, 0.4) is 0 Å². The van der Waals surface area contributed by atoms with Gasteiger partial charge in [0, 0.05) is 5.41 Å². The van der Waals surface area contributed by atoms with Crippen LogP contribution in [0.5, 0.6) is 0 Å². The maximum atomic E-state index is 13.3. The summed E-state index contributed by atoms with van der Waals surface area (Å²) >= 11 is 0. The SMILES string of the molecule is CC(C)(CC(=O)O)C(=O)c1ccccc1F. The van der Waals surface area contributed by atoms with Gasteiger partial charge in [0.1, 0.15) is 5.82 Å². The van der Waals surface area contributed by atoms with Crippen molar-refractivity contribution in [2.45, 2.75) is 20.3 Å². The van der Waals surface area contributed by atoms with E-state index in [-0.39, 0.29) is 12.0 Å². The van der Waals surface area contributed by atoms with Crippen LogP contribution in [-0.2, 0) is 4.79 Å². The van der Waals surface area contributed by atoms with E-state index in [9.17, 15) is 14.0 Å². The van der Waals surface area contributed by atoms with Gasteiger partial charge in [0.05, 0.1) is 12.0 Å². The average Bonchev–Trinajstić information content (AvgIpc) is 2.15. The molecular weight excluding hydrogens is 211 g/mol. The zero-order valence-corrected chi connectivity index (χ0v) is 9.16. The summed E-state index contributed by atoms with van der Waals surface area (Å²) in [5, 5.41) is 8.67. The molecule has 16 heavy (non-hydrogen) atoms. The fourth-order valence-corrected chi connectivity index (χ4v) is 1.47. The van der Waals surface area contributed by atoms with E-state index in [2.05, 4.69) is 0 Å². The number of ketones is 1. The highest BCUT2D eigenvalue weighted by Crippen LogP contribution is 2.27. The van der Waals surface area contributed by atoms with Crippen LogP contribution < -0.4 is 0 Å². The van der Waals surface area contributed by atoms with Crippen molar-refractivity contribution >= 4 is 11.8 Å². The molecule has 86 valence electrons. The molecule has 0 bridgehead atoms. The second-order valence-corrected chi connectivity index (χ2v) is 4.26. The van der Waals surface area contributed by atoms with Crippen molar-refractivity contribution in [1.29, 1.82) is 0 Å².